The second-order valence-corrected chi connectivity index (χ2v) is 2.52. The van der Waals surface area contributed by atoms with E-state index >= 15 is 0 Å². The largest absolute Gasteiger partial charge is 0.368 e. The Bertz CT molecular complexity index is 310. The van der Waals surface area contributed by atoms with Gasteiger partial charge in [-0.05, 0) is 6.07 Å². The van der Waals surface area contributed by atoms with Crippen LogP contribution in [-0.2, 0) is 4.74 Å². The van der Waals surface area contributed by atoms with Gasteiger partial charge in [-0.25, -0.2) is 0 Å². The molecule has 1 aliphatic heterocycles. The fourth-order valence-electron chi connectivity index (χ4n) is 1.11. The second-order valence-electron chi connectivity index (χ2n) is 2.52. The summed E-state index contributed by atoms with van der Waals surface area (Å²) in [6.45, 7) is 0.763. The first kappa shape index (κ1) is 6.38. The zero-order chi connectivity index (χ0) is 7.68. The highest BCUT2D eigenvalue weighted by atomic mass is 16.6. The summed E-state index contributed by atoms with van der Waals surface area (Å²) in [5.41, 5.74) is 1.75. The summed E-state index contributed by atoms with van der Waals surface area (Å²) in [5, 5.41) is 8.69. The standard InChI is InChI=1S/C9H7NO/c10-5-7-3-1-2-4-8(7)9-6-11-9/h1-4,9H,6H2/t9-/m0/s1. The van der Waals surface area contributed by atoms with Gasteiger partial charge < -0.3 is 4.74 Å². The van der Waals surface area contributed by atoms with Crippen LogP contribution in [0.4, 0.5) is 0 Å². The van der Waals surface area contributed by atoms with Gasteiger partial charge >= 0.3 is 0 Å². The lowest BCUT2D eigenvalue weighted by Crippen LogP contribution is -1.85. The van der Waals surface area contributed by atoms with Gasteiger partial charge in [0.15, 0.2) is 0 Å². The molecule has 0 saturated carbocycles. The van der Waals surface area contributed by atoms with Crippen LogP contribution in [0.25, 0.3) is 0 Å². The maximum atomic E-state index is 8.69. The van der Waals surface area contributed by atoms with Crippen LogP contribution in [0.2, 0.25) is 0 Å². The van der Waals surface area contributed by atoms with Gasteiger partial charge in [0.2, 0.25) is 0 Å². The summed E-state index contributed by atoms with van der Waals surface area (Å²) in [6.07, 6.45) is 0.186. The number of benzene rings is 1. The van der Waals surface area contributed by atoms with Crippen molar-refractivity contribution in [1.29, 1.82) is 5.26 Å². The Labute approximate surface area is 65.0 Å². The van der Waals surface area contributed by atoms with Crippen LogP contribution in [0, 0.1) is 11.3 Å². The minimum absolute atomic E-state index is 0.186. The first-order valence-electron chi connectivity index (χ1n) is 3.52. The van der Waals surface area contributed by atoms with Crippen molar-refractivity contribution in [3.05, 3.63) is 35.4 Å². The molecule has 0 spiro atoms. The van der Waals surface area contributed by atoms with E-state index < -0.39 is 0 Å². The molecule has 0 unspecified atom stereocenters. The van der Waals surface area contributed by atoms with Crippen LogP contribution in [0.1, 0.15) is 17.2 Å². The van der Waals surface area contributed by atoms with E-state index in [4.69, 9.17) is 10.00 Å². The molecule has 2 heteroatoms. The number of hydrogen-bond donors (Lipinski definition) is 0. The first-order chi connectivity index (χ1) is 5.42. The average molecular weight is 145 g/mol. The van der Waals surface area contributed by atoms with E-state index in [0.29, 0.717) is 0 Å². The molecular formula is C9H7NO. The average Bonchev–Trinajstić information content (AvgIpc) is 2.87. The zero-order valence-corrected chi connectivity index (χ0v) is 5.95. The summed E-state index contributed by atoms with van der Waals surface area (Å²) in [5.74, 6) is 0. The van der Waals surface area contributed by atoms with Gasteiger partial charge in [0.1, 0.15) is 6.10 Å². The van der Waals surface area contributed by atoms with Crippen LogP contribution in [0.15, 0.2) is 24.3 Å². The molecular weight excluding hydrogens is 138 g/mol. The molecule has 0 N–H and O–H groups in total. The van der Waals surface area contributed by atoms with E-state index in [1.165, 1.54) is 0 Å². The van der Waals surface area contributed by atoms with Crippen molar-refractivity contribution in [3.8, 4) is 6.07 Å². The van der Waals surface area contributed by atoms with Gasteiger partial charge in [0.05, 0.1) is 18.2 Å². The van der Waals surface area contributed by atoms with Gasteiger partial charge in [-0.3, -0.25) is 0 Å². The van der Waals surface area contributed by atoms with Crippen LogP contribution >= 0.6 is 0 Å². The molecule has 1 saturated heterocycles. The Morgan fingerprint density at radius 2 is 2.18 bits per heavy atom. The van der Waals surface area contributed by atoms with Crippen LogP contribution in [0.5, 0.6) is 0 Å². The lowest BCUT2D eigenvalue weighted by molar-refractivity contribution is 0.415. The summed E-state index contributed by atoms with van der Waals surface area (Å²) in [4.78, 5) is 0. The van der Waals surface area contributed by atoms with Crippen LogP contribution in [-0.4, -0.2) is 6.61 Å². The van der Waals surface area contributed by atoms with Crippen molar-refractivity contribution < 1.29 is 4.74 Å². The van der Waals surface area contributed by atoms with Crippen molar-refractivity contribution in [1.82, 2.24) is 0 Å². The molecule has 1 heterocycles. The number of epoxide rings is 1. The first-order valence-corrected chi connectivity index (χ1v) is 3.52. The summed E-state index contributed by atoms with van der Waals surface area (Å²) in [7, 11) is 0. The minimum atomic E-state index is 0.186. The predicted octanol–water partition coefficient (Wildman–Crippen LogP) is 1.63. The van der Waals surface area contributed by atoms with E-state index in [0.717, 1.165) is 17.7 Å². The molecule has 0 aromatic heterocycles. The van der Waals surface area contributed by atoms with E-state index in [9.17, 15) is 0 Å². The van der Waals surface area contributed by atoms with Gasteiger partial charge in [-0.2, -0.15) is 5.26 Å². The summed E-state index contributed by atoms with van der Waals surface area (Å²) in [6, 6.07) is 9.69. The third-order valence-corrected chi connectivity index (χ3v) is 1.76. The molecule has 0 aliphatic carbocycles. The molecule has 1 atom stereocenters. The number of rotatable bonds is 1. The fraction of sp³-hybridized carbons (Fsp3) is 0.222. The Morgan fingerprint density at radius 1 is 1.45 bits per heavy atom. The lowest BCUT2D eigenvalue weighted by atomic mass is 10.1. The number of ether oxygens (including phenoxy) is 1. The highest BCUT2D eigenvalue weighted by molar-refractivity contribution is 5.39. The highest BCUT2D eigenvalue weighted by Gasteiger charge is 2.26. The van der Waals surface area contributed by atoms with E-state index in [1.54, 1.807) is 0 Å². The Balaban J connectivity index is 2.44. The van der Waals surface area contributed by atoms with Gasteiger partial charge in [-0.15, -0.1) is 0 Å². The van der Waals surface area contributed by atoms with E-state index in [-0.39, 0.29) is 6.10 Å². The molecule has 1 aliphatic rings. The van der Waals surface area contributed by atoms with Gasteiger partial charge in [0, 0.05) is 5.56 Å². The number of nitrogens with zero attached hydrogens (tertiary/aromatic N) is 1. The molecule has 11 heavy (non-hydrogen) atoms. The third kappa shape index (κ3) is 1.11. The molecule has 0 amide bonds. The predicted molar refractivity (Wildman–Crippen MR) is 39.9 cm³/mol. The smallest absolute Gasteiger partial charge is 0.107 e. The topological polar surface area (TPSA) is 36.3 Å². The maximum absolute atomic E-state index is 8.69. The van der Waals surface area contributed by atoms with E-state index in [2.05, 4.69) is 6.07 Å². The van der Waals surface area contributed by atoms with E-state index in [1.807, 2.05) is 24.3 Å². The van der Waals surface area contributed by atoms with Crippen LogP contribution in [0.3, 0.4) is 0 Å². The van der Waals surface area contributed by atoms with Crippen molar-refractivity contribution in [2.24, 2.45) is 0 Å². The normalized spacial score (nSPS) is 20.8. The third-order valence-electron chi connectivity index (χ3n) is 1.76. The molecule has 1 aromatic carbocycles. The van der Waals surface area contributed by atoms with Gasteiger partial charge in [-0.1, -0.05) is 18.2 Å². The van der Waals surface area contributed by atoms with Crippen molar-refractivity contribution in [3.63, 3.8) is 0 Å². The number of hydrogen-bond acceptors (Lipinski definition) is 2. The molecule has 0 radical (unpaired) electrons. The zero-order valence-electron chi connectivity index (χ0n) is 5.95. The quantitative estimate of drug-likeness (QED) is 0.563. The maximum Gasteiger partial charge on any atom is 0.107 e. The highest BCUT2D eigenvalue weighted by Crippen LogP contribution is 2.31. The Kier molecular flexibility index (Phi) is 1.38. The van der Waals surface area contributed by atoms with Crippen molar-refractivity contribution >= 4 is 0 Å². The molecule has 1 aromatic rings. The Hall–Kier alpha value is -1.33. The Morgan fingerprint density at radius 3 is 2.82 bits per heavy atom. The SMILES string of the molecule is N#Cc1ccccc1[C@@H]1CO1. The summed E-state index contributed by atoms with van der Waals surface area (Å²) < 4.78 is 5.09. The summed E-state index contributed by atoms with van der Waals surface area (Å²) >= 11 is 0. The monoisotopic (exact) mass is 145 g/mol. The van der Waals surface area contributed by atoms with Crippen molar-refractivity contribution in [2.75, 3.05) is 6.61 Å². The fourth-order valence-corrected chi connectivity index (χ4v) is 1.11. The second kappa shape index (κ2) is 2.37. The van der Waals surface area contributed by atoms with Gasteiger partial charge in [0.25, 0.3) is 0 Å². The molecule has 0 bridgehead atoms. The lowest BCUT2D eigenvalue weighted by Gasteiger charge is -1.96. The minimum Gasteiger partial charge on any atom is -0.368 e. The molecule has 2 rings (SSSR count). The van der Waals surface area contributed by atoms with Crippen LogP contribution < -0.4 is 0 Å². The number of nitriles is 1. The molecule has 1 fully saturated rings. The molecule has 2 nitrogen and oxygen atoms in total. The van der Waals surface area contributed by atoms with Crippen molar-refractivity contribution in [2.45, 2.75) is 6.10 Å². The molecule has 54 valence electrons.